The molecule has 8 heteroatoms. The number of carbonyl (C=O) groups excluding carboxylic acids is 1. The molecule has 4 aromatic rings. The van der Waals surface area contributed by atoms with Crippen LogP contribution >= 0.6 is 22.9 Å². The molecule has 0 spiro atoms. The summed E-state index contributed by atoms with van der Waals surface area (Å²) in [5.74, 6) is -0.128. The van der Waals surface area contributed by atoms with Crippen molar-refractivity contribution >= 4 is 51.3 Å². The van der Waals surface area contributed by atoms with Crippen LogP contribution in [-0.2, 0) is 0 Å². The van der Waals surface area contributed by atoms with Crippen molar-refractivity contribution in [2.24, 2.45) is 0 Å². The van der Waals surface area contributed by atoms with Crippen molar-refractivity contribution in [3.05, 3.63) is 63.5 Å². The van der Waals surface area contributed by atoms with Crippen molar-refractivity contribution in [1.82, 2.24) is 20.1 Å². The molecule has 0 unspecified atom stereocenters. The van der Waals surface area contributed by atoms with Gasteiger partial charge in [-0.3, -0.25) is 4.79 Å². The molecule has 6 nitrogen and oxygen atoms in total. The summed E-state index contributed by atoms with van der Waals surface area (Å²) in [5.41, 5.74) is 3.69. The molecule has 0 aliphatic heterocycles. The molecule has 3 aromatic heterocycles. The van der Waals surface area contributed by atoms with Gasteiger partial charge in [-0.2, -0.15) is 5.10 Å². The molecule has 0 saturated carbocycles. The van der Waals surface area contributed by atoms with Crippen LogP contribution in [0.15, 0.2) is 48.0 Å². The Morgan fingerprint density at radius 3 is 3.00 bits per heavy atom. The van der Waals surface area contributed by atoms with Crippen LogP contribution in [-0.4, -0.2) is 27.7 Å². The van der Waals surface area contributed by atoms with Crippen molar-refractivity contribution < 1.29 is 6.17 Å². The van der Waals surface area contributed by atoms with E-state index < -0.39 is 0 Å². The number of para-hydroxylation sites is 1. The maximum Gasteiger partial charge on any atom is 0.261 e. The molecule has 0 saturated heterocycles. The van der Waals surface area contributed by atoms with Crippen LogP contribution in [0, 0.1) is 6.92 Å². The fourth-order valence-corrected chi connectivity index (χ4v) is 3.69. The van der Waals surface area contributed by atoms with E-state index in [2.05, 4.69) is 20.7 Å². The van der Waals surface area contributed by atoms with E-state index in [1.807, 2.05) is 24.4 Å². The average molecular weight is 399 g/mol. The smallest absolute Gasteiger partial charge is 0.261 e. The summed E-state index contributed by atoms with van der Waals surface area (Å²) >= 11 is 7.57. The lowest BCUT2D eigenvalue weighted by atomic mass is 10.2. The highest BCUT2D eigenvalue weighted by molar-refractivity contribution is 7.12. The molecule has 27 heavy (non-hydrogen) atoms. The van der Waals surface area contributed by atoms with Crippen LogP contribution in [0.4, 0.5) is 11.4 Å². The molecule has 2 N–H and O–H groups in total. The minimum atomic E-state index is -0.128. The molecular weight excluding hydrogens is 382 g/mol. The summed E-state index contributed by atoms with van der Waals surface area (Å²) in [7, 11) is 1.60. The molecule has 0 aliphatic rings. The van der Waals surface area contributed by atoms with Gasteiger partial charge in [0.25, 0.3) is 5.91 Å². The molecule has 0 fully saturated rings. The fraction of sp³-hybridized carbons (Fsp3) is 0.105. The normalized spacial score (nSPS) is 11.4. The monoisotopic (exact) mass is 398 g/mol. The first-order valence-electron chi connectivity index (χ1n) is 8.66. The molecule has 136 valence electrons. The Balaban J connectivity index is 1.72. The number of aromatic nitrogens is 3. The number of pyridine rings is 1. The first-order chi connectivity index (χ1) is 13.5. The number of rotatable bonds is 4. The quantitative estimate of drug-likeness (QED) is 0.529. The first kappa shape index (κ1) is 16.3. The Bertz CT molecular complexity index is 1200. The average Bonchev–Trinajstić information content (AvgIpc) is 3.32. The number of carbonyl (C=O) groups is 1. The number of fused-ring (bicyclic) bond motifs is 1. The summed E-state index contributed by atoms with van der Waals surface area (Å²) in [6, 6.07) is 9.23. The summed E-state index contributed by atoms with van der Waals surface area (Å²) in [6.45, 7) is 1.89. The zero-order chi connectivity index (χ0) is 19.8. The van der Waals surface area contributed by atoms with Gasteiger partial charge in [-0.15, -0.1) is 11.3 Å². The third-order valence-corrected chi connectivity index (χ3v) is 5.32. The Labute approximate surface area is 166 Å². The number of thiophene rings is 1. The maximum atomic E-state index is 11.8. The van der Waals surface area contributed by atoms with E-state index in [-0.39, 0.29) is 11.9 Å². The van der Waals surface area contributed by atoms with Crippen LogP contribution in [0.1, 0.15) is 16.7 Å². The fourth-order valence-electron chi connectivity index (χ4n) is 2.70. The Morgan fingerprint density at radius 2 is 2.19 bits per heavy atom. The van der Waals surface area contributed by atoms with Crippen molar-refractivity contribution in [3.8, 4) is 5.69 Å². The molecule has 0 atom stereocenters. The predicted molar refractivity (Wildman–Crippen MR) is 110 cm³/mol. The Hall–Kier alpha value is -2.90. The van der Waals surface area contributed by atoms with Crippen LogP contribution < -0.4 is 10.6 Å². The first-order valence-corrected chi connectivity index (χ1v) is 9.42. The zero-order valence-corrected chi connectivity index (χ0v) is 16.1. The lowest BCUT2D eigenvalue weighted by Crippen LogP contribution is -2.16. The predicted octanol–water partition coefficient (Wildman–Crippen LogP) is 4.55. The number of benzene rings is 1. The van der Waals surface area contributed by atoms with E-state index in [9.17, 15) is 4.79 Å². The number of nitrogens with one attached hydrogen (secondary N) is 2. The van der Waals surface area contributed by atoms with Gasteiger partial charge in [-0.25, -0.2) is 9.67 Å². The minimum Gasteiger partial charge on any atom is -0.354 e. The Morgan fingerprint density at radius 1 is 1.33 bits per heavy atom. The van der Waals surface area contributed by atoms with Crippen molar-refractivity contribution in [3.63, 3.8) is 0 Å². The van der Waals surface area contributed by atoms with E-state index in [4.69, 9.17) is 13.0 Å². The highest BCUT2D eigenvalue weighted by atomic mass is 35.5. The second-order valence-electron chi connectivity index (χ2n) is 5.86. The topological polar surface area (TPSA) is 71.8 Å². The Kier molecular flexibility index (Phi) is 4.23. The minimum absolute atomic E-state index is 0.128. The maximum absolute atomic E-state index is 11.8. The van der Waals surface area contributed by atoms with Gasteiger partial charge in [-0.05, 0) is 31.2 Å². The summed E-state index contributed by atoms with van der Waals surface area (Å²) < 4.78 is 9.54. The molecule has 0 bridgehead atoms. The van der Waals surface area contributed by atoms with Crippen LogP contribution in [0.25, 0.3) is 16.7 Å². The standard InChI is InChI=1S/C19H16ClN5OS/c1-11-16(24-15-6-4-3-5-14(15)20)7-12-9-22-25(18(12)23-11)13-8-17(27-10-13)19(26)21-2/h3-10,24H,1-2H3,(H,21,26)/i5D. The zero-order valence-electron chi connectivity index (χ0n) is 15.6. The molecule has 0 radical (unpaired) electrons. The van der Waals surface area contributed by atoms with Gasteiger partial charge >= 0.3 is 0 Å². The van der Waals surface area contributed by atoms with E-state index in [1.165, 1.54) is 11.3 Å². The van der Waals surface area contributed by atoms with Gasteiger partial charge in [0.05, 0.1) is 40.2 Å². The number of nitrogens with zero attached hydrogens (tertiary/aromatic N) is 3. The summed E-state index contributed by atoms with van der Waals surface area (Å²) in [4.78, 5) is 17.1. The van der Waals surface area contributed by atoms with Crippen LogP contribution in [0.3, 0.4) is 0 Å². The highest BCUT2D eigenvalue weighted by Gasteiger charge is 2.14. The third kappa shape index (κ3) is 3.27. The lowest BCUT2D eigenvalue weighted by Gasteiger charge is -2.11. The molecule has 0 aliphatic carbocycles. The van der Waals surface area contributed by atoms with E-state index in [0.29, 0.717) is 21.2 Å². The molecule has 1 aromatic carbocycles. The number of anilines is 2. The number of halogens is 1. The third-order valence-electron chi connectivity index (χ3n) is 4.09. The lowest BCUT2D eigenvalue weighted by molar-refractivity contribution is 0.0967. The van der Waals surface area contributed by atoms with Gasteiger partial charge in [0.15, 0.2) is 5.65 Å². The van der Waals surface area contributed by atoms with Gasteiger partial charge in [0.1, 0.15) is 0 Å². The largest absolute Gasteiger partial charge is 0.354 e. The van der Waals surface area contributed by atoms with Crippen molar-refractivity contribution in [1.29, 1.82) is 0 Å². The SMILES string of the molecule is [2H]c1cccc(Nc2cc3cnn(-c4csc(C(=O)NC)c4)c3nc2C)c1Cl. The number of hydrogen-bond donors (Lipinski definition) is 2. The highest BCUT2D eigenvalue weighted by Crippen LogP contribution is 2.29. The molecule has 3 heterocycles. The second-order valence-corrected chi connectivity index (χ2v) is 7.15. The van der Waals surface area contributed by atoms with Crippen LogP contribution in [0.2, 0.25) is 5.02 Å². The van der Waals surface area contributed by atoms with Gasteiger partial charge in [0.2, 0.25) is 0 Å². The van der Waals surface area contributed by atoms with Crippen molar-refractivity contribution in [2.75, 3.05) is 12.4 Å². The van der Waals surface area contributed by atoms with Gasteiger partial charge < -0.3 is 10.6 Å². The van der Waals surface area contributed by atoms with Gasteiger partial charge in [-0.1, -0.05) is 23.7 Å². The van der Waals surface area contributed by atoms with Crippen molar-refractivity contribution in [2.45, 2.75) is 6.92 Å². The van der Waals surface area contributed by atoms with E-state index >= 15 is 0 Å². The van der Waals surface area contributed by atoms with E-state index in [1.54, 1.807) is 36.1 Å². The number of hydrogen-bond acceptors (Lipinski definition) is 5. The number of amides is 1. The second kappa shape index (κ2) is 7.02. The van der Waals surface area contributed by atoms with Gasteiger partial charge in [0, 0.05) is 17.8 Å². The molecule has 1 amide bonds. The molecular formula is C19H16ClN5OS. The molecule has 4 rings (SSSR count). The summed E-state index contributed by atoms with van der Waals surface area (Å²) in [6.07, 6.45) is 1.73. The summed E-state index contributed by atoms with van der Waals surface area (Å²) in [5, 5.41) is 13.4. The number of aryl methyl sites for hydroxylation is 1. The van der Waals surface area contributed by atoms with E-state index in [0.717, 1.165) is 22.5 Å². The van der Waals surface area contributed by atoms with Crippen LogP contribution in [0.5, 0.6) is 0 Å².